The average molecular weight is 1100 g/mol. The van der Waals surface area contributed by atoms with Gasteiger partial charge in [0.1, 0.15) is 5.82 Å². The molecule has 1 aromatic rings. The number of piperidine rings is 1. The predicted octanol–water partition coefficient (Wildman–Crippen LogP) is -0.0828. The Kier molecular flexibility index (Phi) is 27.9. The number of likely N-dealkylation sites (tertiary alicyclic amines) is 1. The van der Waals surface area contributed by atoms with E-state index in [4.69, 9.17) is 18.9 Å². The van der Waals surface area contributed by atoms with Crippen LogP contribution in [0, 0.1) is 23.7 Å². The Morgan fingerprint density at radius 1 is 0.571 bits per heavy atom. The van der Waals surface area contributed by atoms with Crippen LogP contribution in [0.25, 0.3) is 0 Å². The molecule has 2 aliphatic heterocycles. The molecule has 0 bridgehead atoms. The molecule has 2 aliphatic carbocycles. The third kappa shape index (κ3) is 22.0. The van der Waals surface area contributed by atoms with E-state index in [0.29, 0.717) is 141 Å². The van der Waals surface area contributed by atoms with Crippen LogP contribution in [-0.4, -0.2) is 270 Å². The summed E-state index contributed by atoms with van der Waals surface area (Å²) >= 11 is 0. The first-order chi connectivity index (χ1) is 37.0. The van der Waals surface area contributed by atoms with Gasteiger partial charge in [0.15, 0.2) is 0 Å². The Morgan fingerprint density at radius 2 is 1.04 bits per heavy atom. The molecule has 77 heavy (non-hydrogen) atoms. The fourth-order valence-electron chi connectivity index (χ4n) is 11.3. The van der Waals surface area contributed by atoms with Gasteiger partial charge < -0.3 is 64.6 Å². The molecular formula is C52H90N10O15. The molecule has 0 spiro atoms. The van der Waals surface area contributed by atoms with Crippen LogP contribution in [0.15, 0.2) is 0 Å². The number of aliphatic hydroxyl groups is 2. The molecule has 2 saturated heterocycles. The van der Waals surface area contributed by atoms with E-state index in [0.717, 1.165) is 51.6 Å². The molecule has 0 aromatic carbocycles. The van der Waals surface area contributed by atoms with Crippen molar-refractivity contribution in [3.05, 3.63) is 11.6 Å². The van der Waals surface area contributed by atoms with Gasteiger partial charge in [-0.25, -0.2) is 0 Å². The number of amides is 3. The minimum absolute atomic E-state index is 0.0190. The first-order valence-corrected chi connectivity index (χ1v) is 28.0. The second-order valence-corrected chi connectivity index (χ2v) is 21.4. The van der Waals surface area contributed by atoms with Gasteiger partial charge in [0.05, 0.1) is 97.7 Å². The summed E-state index contributed by atoms with van der Waals surface area (Å²) in [5.74, 6) is -1.54. The molecule has 4 fully saturated rings. The lowest BCUT2D eigenvalue weighted by molar-refractivity contribution is -0.140. The van der Waals surface area contributed by atoms with E-state index < -0.39 is 30.1 Å². The summed E-state index contributed by atoms with van der Waals surface area (Å²) in [5.41, 5.74) is 0. The van der Waals surface area contributed by atoms with Crippen LogP contribution in [-0.2, 0) is 42.9 Å². The zero-order chi connectivity index (χ0) is 55.7. The maximum Gasteiger partial charge on any atom is 0.317 e. The lowest BCUT2D eigenvalue weighted by Gasteiger charge is -2.41. The van der Waals surface area contributed by atoms with Crippen molar-refractivity contribution >= 4 is 35.6 Å². The fourth-order valence-corrected chi connectivity index (χ4v) is 11.3. The molecular weight excluding hydrogens is 1000 g/mol. The minimum atomic E-state index is -1.03. The van der Waals surface area contributed by atoms with Gasteiger partial charge in [0, 0.05) is 96.9 Å². The molecule has 0 radical (unpaired) electrons. The maximum absolute atomic E-state index is 13.2. The number of nitrogens with zero attached hydrogens (tertiary/aromatic N) is 8. The second kappa shape index (κ2) is 33.9. The normalized spacial score (nSPS) is 24.3. The van der Waals surface area contributed by atoms with Crippen LogP contribution in [0.2, 0.25) is 0 Å². The summed E-state index contributed by atoms with van der Waals surface area (Å²) in [6.07, 6.45) is 5.51. The van der Waals surface area contributed by atoms with Crippen molar-refractivity contribution in [2.45, 2.75) is 103 Å². The van der Waals surface area contributed by atoms with Crippen molar-refractivity contribution in [1.82, 2.24) is 49.9 Å². The summed E-state index contributed by atoms with van der Waals surface area (Å²) in [5, 5.41) is 64.8. The number of ether oxygens (including phenoxy) is 4. The van der Waals surface area contributed by atoms with Gasteiger partial charge >= 0.3 is 17.9 Å². The van der Waals surface area contributed by atoms with Gasteiger partial charge in [-0.05, 0) is 75.5 Å². The second-order valence-electron chi connectivity index (χ2n) is 21.4. The van der Waals surface area contributed by atoms with E-state index in [1.807, 2.05) is 21.3 Å². The Bertz CT molecular complexity index is 1930. The van der Waals surface area contributed by atoms with Crippen LogP contribution in [0.4, 0.5) is 0 Å². The van der Waals surface area contributed by atoms with Crippen LogP contribution in [0.5, 0.6) is 0 Å². The quantitative estimate of drug-likeness (QED) is 0.0516. The standard InChI is InChI=1S/C52H90N10O15/c1-4-53-52(73)51-56-55-50(42-31-41(37(2)3)43(63)32-44(42)64)62(51)40-7-5-38(6-8-40)39-9-13-61(14-10-39)46(66)11-23-74-25-27-76-29-30-77-28-26-75-24-12-54-45(65)33-57-15-17-58(34-47(67)68)19-21-60(36-49(71)72)22-20-59(18-16-57)35-48(69)70/h37-44,63-64H,4-36H2,1-3H3,(H,53,73)(H,54,65)(H,67,68)(H,69,70)(H,71,72). The Labute approximate surface area is 453 Å². The first-order valence-electron chi connectivity index (χ1n) is 28.0. The van der Waals surface area contributed by atoms with Gasteiger partial charge in [0.25, 0.3) is 5.91 Å². The zero-order valence-corrected chi connectivity index (χ0v) is 45.8. The fraction of sp³-hybridized carbons (Fsp3) is 0.846. The number of carboxylic acid groups (broad SMARTS) is 3. The highest BCUT2D eigenvalue weighted by atomic mass is 16.6. The molecule has 2 saturated carbocycles. The highest BCUT2D eigenvalue weighted by Gasteiger charge is 2.42. The molecule has 4 unspecified atom stereocenters. The van der Waals surface area contributed by atoms with Gasteiger partial charge in [-0.15, -0.1) is 10.2 Å². The summed E-state index contributed by atoms with van der Waals surface area (Å²) in [7, 11) is 0. The average Bonchev–Trinajstić information content (AvgIpc) is 3.87. The van der Waals surface area contributed by atoms with Crippen molar-refractivity contribution in [3.8, 4) is 0 Å². The molecule has 7 N–H and O–H groups in total. The Balaban J connectivity index is 0.883. The van der Waals surface area contributed by atoms with Gasteiger partial charge in [-0.3, -0.25) is 48.4 Å². The van der Waals surface area contributed by atoms with Crippen molar-refractivity contribution in [1.29, 1.82) is 0 Å². The number of carbonyl (C=O) groups is 6. The van der Waals surface area contributed by atoms with E-state index in [1.165, 1.54) is 0 Å². The number of aromatic nitrogens is 3. The van der Waals surface area contributed by atoms with Crippen LogP contribution in [0.1, 0.15) is 107 Å². The lowest BCUT2D eigenvalue weighted by atomic mass is 9.72. The third-order valence-electron chi connectivity index (χ3n) is 15.6. The van der Waals surface area contributed by atoms with Crippen molar-refractivity contribution < 1.29 is 73.2 Å². The predicted molar refractivity (Wildman–Crippen MR) is 280 cm³/mol. The summed E-state index contributed by atoms with van der Waals surface area (Å²) in [6.45, 7) is 12.7. The molecule has 25 heteroatoms. The topological polar surface area (TPSA) is 311 Å². The molecule has 5 rings (SSSR count). The highest BCUT2D eigenvalue weighted by molar-refractivity contribution is 5.90. The van der Waals surface area contributed by atoms with Crippen molar-refractivity contribution in [2.24, 2.45) is 23.7 Å². The monoisotopic (exact) mass is 1090 g/mol. The van der Waals surface area contributed by atoms with Gasteiger partial charge in [-0.2, -0.15) is 0 Å². The molecule has 3 amide bonds. The number of carbonyl (C=O) groups excluding carboxylic acids is 3. The molecule has 1 aromatic heterocycles. The summed E-state index contributed by atoms with van der Waals surface area (Å²) < 4.78 is 24.5. The molecule has 438 valence electrons. The number of hydrogen-bond acceptors (Lipinski definition) is 18. The molecule has 3 heterocycles. The number of aliphatic hydroxyl groups excluding tert-OH is 2. The number of carboxylic acids is 3. The smallest absolute Gasteiger partial charge is 0.317 e. The first kappa shape index (κ1) is 63.4. The van der Waals surface area contributed by atoms with E-state index in [2.05, 4.69) is 34.7 Å². The third-order valence-corrected chi connectivity index (χ3v) is 15.6. The Hall–Kier alpha value is -4.44. The number of aliphatic carboxylic acids is 3. The van der Waals surface area contributed by atoms with E-state index in [-0.39, 0.29) is 87.3 Å². The maximum atomic E-state index is 13.2. The van der Waals surface area contributed by atoms with Crippen LogP contribution in [0.3, 0.4) is 0 Å². The van der Waals surface area contributed by atoms with E-state index >= 15 is 0 Å². The highest BCUT2D eigenvalue weighted by Crippen LogP contribution is 2.44. The van der Waals surface area contributed by atoms with Gasteiger partial charge in [-0.1, -0.05) is 13.8 Å². The van der Waals surface area contributed by atoms with E-state index in [9.17, 15) is 54.3 Å². The molecule has 4 aliphatic rings. The largest absolute Gasteiger partial charge is 0.480 e. The van der Waals surface area contributed by atoms with Crippen molar-refractivity contribution in [3.63, 3.8) is 0 Å². The van der Waals surface area contributed by atoms with E-state index in [1.54, 1.807) is 14.7 Å². The lowest BCUT2D eigenvalue weighted by Crippen LogP contribution is -2.50. The van der Waals surface area contributed by atoms with Crippen LogP contribution < -0.4 is 10.6 Å². The minimum Gasteiger partial charge on any atom is -0.480 e. The Morgan fingerprint density at radius 3 is 1.52 bits per heavy atom. The number of nitrogens with one attached hydrogen (secondary N) is 2. The molecule has 25 nitrogen and oxygen atoms in total. The summed E-state index contributed by atoms with van der Waals surface area (Å²) in [4.78, 5) is 82.5. The summed E-state index contributed by atoms with van der Waals surface area (Å²) in [6, 6.07) is 0.0416. The van der Waals surface area contributed by atoms with Crippen LogP contribution >= 0.6 is 0 Å². The number of hydrogen-bond donors (Lipinski definition) is 7. The van der Waals surface area contributed by atoms with Gasteiger partial charge in [0.2, 0.25) is 17.6 Å². The zero-order valence-electron chi connectivity index (χ0n) is 45.8. The number of rotatable bonds is 29. The van der Waals surface area contributed by atoms with Crippen molar-refractivity contribution in [2.75, 3.05) is 158 Å². The SMILES string of the molecule is CCNC(=O)c1nnc(C2CC(C(C)C)C(O)CC2O)n1C1CCC(C2CCN(C(=O)CCOCCOCCOCCOCCNC(=O)CN3CCN(CC(=O)O)CCN(CC(=O)O)CCN(CC(=O)O)CC3)CC2)CC1. The molecule has 4 atom stereocenters.